The molecule has 0 radical (unpaired) electrons. The average Bonchev–Trinajstić information content (AvgIpc) is 0.821. The number of carbonyl (C=O) groups is 3. The fraction of sp³-hybridized carbons (Fsp3) is 0.970. The normalized spacial score (nSPS) is 14.7. The van der Waals surface area contributed by atoms with Crippen LogP contribution in [0.15, 0.2) is 0 Å². The number of primary amides is 1. The molecule has 3 unspecified atom stereocenters. The van der Waals surface area contributed by atoms with Crippen molar-refractivity contribution in [2.24, 2.45) is 23.5 Å². The van der Waals surface area contributed by atoms with Crippen LogP contribution in [-0.2, 0) is 14.4 Å². The van der Waals surface area contributed by atoms with Gasteiger partial charge in [-0.05, 0) is 155 Å². The van der Waals surface area contributed by atoms with Crippen LogP contribution in [0, 0.1) is 17.8 Å². The van der Waals surface area contributed by atoms with Gasteiger partial charge in [-0.3, -0.25) is 14.4 Å². The topological polar surface area (TPSA) is 102 Å². The fourth-order valence-corrected chi connectivity index (χ4v) is 17.7. The number of carbonyl (C=O) groups excluding carboxylic acids is 3. The van der Waals surface area contributed by atoms with E-state index in [1.54, 1.807) is 0 Å². The van der Waals surface area contributed by atoms with Crippen molar-refractivity contribution >= 4 is 17.7 Å². The molecule has 0 bridgehead atoms. The summed E-state index contributed by atoms with van der Waals surface area (Å²) in [4.78, 5) is 53.1. The van der Waals surface area contributed by atoms with Gasteiger partial charge < -0.3 is 30.7 Å². The van der Waals surface area contributed by atoms with Gasteiger partial charge in [0.25, 0.3) is 0 Å². The van der Waals surface area contributed by atoms with E-state index in [-0.39, 0.29) is 29.6 Å². The van der Waals surface area contributed by atoms with Crippen molar-refractivity contribution < 1.29 is 14.4 Å². The van der Waals surface area contributed by atoms with E-state index in [1.807, 2.05) is 0 Å². The second-order valence-electron chi connectivity index (χ2n) is 35.7. The third-order valence-electron chi connectivity index (χ3n) is 25.1. The first kappa shape index (κ1) is 104. The number of hydrogen-bond donors (Lipinski definition) is 2. The van der Waals surface area contributed by atoms with Crippen LogP contribution in [0.3, 0.4) is 0 Å². The van der Waals surface area contributed by atoms with E-state index in [0.717, 1.165) is 51.6 Å². The second kappa shape index (κ2) is 84.7. The third-order valence-corrected chi connectivity index (χ3v) is 25.1. The van der Waals surface area contributed by atoms with Crippen molar-refractivity contribution in [1.29, 1.82) is 0 Å². The zero-order valence-electron chi connectivity index (χ0n) is 74.8. The Hall–Kier alpha value is -1.71. The molecule has 3 N–H and O–H groups in total. The first-order chi connectivity index (χ1) is 53.2. The van der Waals surface area contributed by atoms with Crippen LogP contribution < -0.4 is 11.1 Å². The predicted octanol–water partition coefficient (Wildman–Crippen LogP) is 29.6. The summed E-state index contributed by atoms with van der Waals surface area (Å²) < 4.78 is 0. The summed E-state index contributed by atoms with van der Waals surface area (Å²) in [5.41, 5.74) is 6.16. The smallest absolute Gasteiger partial charge is 0.225 e. The standard InChI is InChI=1S/C99H198N6O3/c1-7-13-19-25-31-37-43-49-56-68-80-102(81-69-57-50-44-38-32-26-20-14-8-2)86-74-62-55-67-79-101-98(107)95-91-94(97(100)106)92-96(93-95)99(108)105(89-77-65-63-75-87-103(82-70-58-51-45-39-33-27-21-15-9-3)83-71-59-52-46-40-34-28-22-16-10-4)90-78-66-64-76-88-104(84-72-60-53-47-41-35-29-23-17-11-5)85-73-61-54-48-42-36-30-24-18-12-6/h94-96H,7-93H2,1-6H3,(H2,100,106)(H,101,107). The van der Waals surface area contributed by atoms with Crippen LogP contribution in [0.1, 0.15) is 523 Å². The lowest BCUT2D eigenvalue weighted by molar-refractivity contribution is -0.140. The maximum Gasteiger partial charge on any atom is 0.225 e. The Morgan fingerprint density at radius 1 is 0.222 bits per heavy atom. The molecule has 1 fully saturated rings. The molecule has 0 aliphatic heterocycles. The van der Waals surface area contributed by atoms with Gasteiger partial charge in [-0.1, -0.05) is 427 Å². The van der Waals surface area contributed by atoms with E-state index < -0.39 is 5.92 Å². The van der Waals surface area contributed by atoms with Gasteiger partial charge in [0.05, 0.1) is 0 Å². The first-order valence-electron chi connectivity index (χ1n) is 50.3. The Kier molecular flexibility index (Phi) is 81.8. The number of hydrogen-bond acceptors (Lipinski definition) is 6. The summed E-state index contributed by atoms with van der Waals surface area (Å²) in [6, 6.07) is 0. The van der Waals surface area contributed by atoms with Crippen molar-refractivity contribution in [2.45, 2.75) is 523 Å². The lowest BCUT2D eigenvalue weighted by atomic mass is 9.74. The molecule has 3 amide bonds. The first-order valence-corrected chi connectivity index (χ1v) is 50.3. The molecular weight excluding hydrogens is 1320 g/mol. The molecule has 0 spiro atoms. The molecular formula is C99H198N6O3. The molecule has 1 rings (SSSR count). The number of nitrogens with zero attached hydrogens (tertiary/aromatic N) is 4. The Bertz CT molecular complexity index is 1680. The van der Waals surface area contributed by atoms with E-state index >= 15 is 4.79 Å². The minimum absolute atomic E-state index is 0.0233. The van der Waals surface area contributed by atoms with E-state index in [9.17, 15) is 9.59 Å². The molecule has 9 heteroatoms. The summed E-state index contributed by atoms with van der Waals surface area (Å²) in [5, 5.41) is 3.33. The molecule has 0 saturated heterocycles. The van der Waals surface area contributed by atoms with Gasteiger partial charge in [0.15, 0.2) is 0 Å². The van der Waals surface area contributed by atoms with Crippen LogP contribution in [0.5, 0.6) is 0 Å². The summed E-state index contributed by atoms with van der Waals surface area (Å²) in [6.07, 6.45) is 98.5. The van der Waals surface area contributed by atoms with Gasteiger partial charge >= 0.3 is 0 Å². The zero-order valence-corrected chi connectivity index (χ0v) is 74.8. The molecule has 108 heavy (non-hydrogen) atoms. The largest absolute Gasteiger partial charge is 0.369 e. The molecule has 1 aliphatic carbocycles. The van der Waals surface area contributed by atoms with E-state index in [4.69, 9.17) is 5.73 Å². The summed E-state index contributed by atoms with van der Waals surface area (Å²) in [7, 11) is 0. The SMILES string of the molecule is CCCCCCCCCCCCN(CCCCCCCCCCCC)CCCCCCNC(=O)C1CC(C(N)=O)CC(C(=O)N(CCCCCCN(CCCCCCCCCCCC)CCCCCCCCCCCC)CCCCCCN(CCCCCCCCCCCC)CCCCCCCCCCCC)C1. The molecule has 1 aliphatic rings. The number of unbranched alkanes of at least 4 members (excludes halogenated alkanes) is 63. The van der Waals surface area contributed by atoms with Crippen molar-refractivity contribution in [1.82, 2.24) is 24.9 Å². The third kappa shape index (κ3) is 69.8. The van der Waals surface area contributed by atoms with Gasteiger partial charge in [-0.25, -0.2) is 0 Å². The Morgan fingerprint density at radius 3 is 0.593 bits per heavy atom. The van der Waals surface area contributed by atoms with Gasteiger partial charge in [-0.2, -0.15) is 0 Å². The Labute approximate surface area is 678 Å². The highest BCUT2D eigenvalue weighted by molar-refractivity contribution is 5.85. The molecule has 0 heterocycles. The minimum Gasteiger partial charge on any atom is -0.369 e. The van der Waals surface area contributed by atoms with Crippen molar-refractivity contribution in [2.75, 3.05) is 78.5 Å². The maximum atomic E-state index is 15.1. The maximum absolute atomic E-state index is 15.1. The van der Waals surface area contributed by atoms with Crippen LogP contribution in [0.25, 0.3) is 0 Å². The van der Waals surface area contributed by atoms with Crippen LogP contribution in [0.2, 0.25) is 0 Å². The molecule has 642 valence electrons. The van der Waals surface area contributed by atoms with E-state index in [0.29, 0.717) is 25.8 Å². The monoisotopic (exact) mass is 1520 g/mol. The minimum atomic E-state index is -0.443. The number of nitrogens with one attached hydrogen (secondary N) is 1. The van der Waals surface area contributed by atoms with Crippen molar-refractivity contribution in [3.05, 3.63) is 0 Å². The van der Waals surface area contributed by atoms with E-state index in [1.165, 1.54) is 483 Å². The number of amides is 3. The average molecular weight is 1520 g/mol. The van der Waals surface area contributed by atoms with Crippen LogP contribution >= 0.6 is 0 Å². The van der Waals surface area contributed by atoms with Gasteiger partial charge in [0.1, 0.15) is 0 Å². The molecule has 1 saturated carbocycles. The zero-order chi connectivity index (χ0) is 78.0. The number of nitrogens with two attached hydrogens (primary N) is 1. The summed E-state index contributed by atoms with van der Waals surface area (Å²) >= 11 is 0. The number of rotatable bonds is 90. The Morgan fingerprint density at radius 2 is 0.389 bits per heavy atom. The Balaban J connectivity index is 3.06. The summed E-state index contributed by atoms with van der Waals surface area (Å²) in [6.45, 7) is 27.2. The van der Waals surface area contributed by atoms with Gasteiger partial charge in [0.2, 0.25) is 17.7 Å². The van der Waals surface area contributed by atoms with Gasteiger partial charge in [-0.15, -0.1) is 0 Å². The molecule has 0 aromatic heterocycles. The second-order valence-corrected chi connectivity index (χ2v) is 35.7. The lowest BCUT2D eigenvalue weighted by Crippen LogP contribution is -2.45. The quantitative estimate of drug-likeness (QED) is 0.0588. The lowest BCUT2D eigenvalue weighted by Gasteiger charge is -2.35. The molecule has 3 atom stereocenters. The van der Waals surface area contributed by atoms with Crippen LogP contribution in [0.4, 0.5) is 0 Å². The van der Waals surface area contributed by atoms with Crippen LogP contribution in [-0.4, -0.2) is 116 Å². The predicted molar refractivity (Wildman–Crippen MR) is 479 cm³/mol. The van der Waals surface area contributed by atoms with Crippen molar-refractivity contribution in [3.8, 4) is 0 Å². The van der Waals surface area contributed by atoms with Crippen molar-refractivity contribution in [3.63, 3.8) is 0 Å². The molecule has 0 aromatic rings. The highest BCUT2D eigenvalue weighted by Crippen LogP contribution is 2.35. The highest BCUT2D eigenvalue weighted by Gasteiger charge is 2.39. The molecule has 0 aromatic carbocycles. The highest BCUT2D eigenvalue weighted by atomic mass is 16.2. The summed E-state index contributed by atoms with van der Waals surface area (Å²) in [5.74, 6) is -1.29. The van der Waals surface area contributed by atoms with Gasteiger partial charge in [0, 0.05) is 37.4 Å². The van der Waals surface area contributed by atoms with E-state index in [2.05, 4.69) is 66.5 Å². The molecule has 9 nitrogen and oxygen atoms in total. The fourth-order valence-electron chi connectivity index (χ4n) is 17.7.